The van der Waals surface area contributed by atoms with Crippen molar-refractivity contribution in [3.8, 4) is 11.5 Å². The summed E-state index contributed by atoms with van der Waals surface area (Å²) in [5, 5.41) is 41.0. The van der Waals surface area contributed by atoms with E-state index in [4.69, 9.17) is 59.2 Å². The van der Waals surface area contributed by atoms with Crippen molar-refractivity contribution in [2.45, 2.75) is 296 Å². The Balaban J connectivity index is 0.000000999. The van der Waals surface area contributed by atoms with Gasteiger partial charge in [0.05, 0.1) is 25.9 Å². The first kappa shape index (κ1) is 135. The Morgan fingerprint density at radius 2 is 0.745 bits per heavy atom. The number of carbonyl (C=O) groups is 9. The van der Waals surface area contributed by atoms with Crippen molar-refractivity contribution in [2.24, 2.45) is 27.4 Å². The number of hydrogen-bond acceptors (Lipinski definition) is 15. The van der Waals surface area contributed by atoms with Crippen LogP contribution in [0.15, 0.2) is 330 Å². The average Bonchev–Trinajstić information content (AvgIpc) is 0.833. The number of phenols is 1. The van der Waals surface area contributed by atoms with Crippen LogP contribution in [-0.4, -0.2) is 128 Å². The maximum Gasteiger partial charge on any atom is 0.404 e. The Bertz CT molecular complexity index is 5450. The van der Waals surface area contributed by atoms with Gasteiger partial charge in [-0.05, 0) is 191 Å². The Kier molecular flexibility index (Phi) is 63.7. The molecule has 0 aliphatic heterocycles. The number of rotatable bonds is 49. The summed E-state index contributed by atoms with van der Waals surface area (Å²) in [5.41, 5.74) is 11.9. The highest BCUT2D eigenvalue weighted by Crippen LogP contribution is 2.39. The lowest BCUT2D eigenvalue weighted by Crippen LogP contribution is -2.52. The molecule has 4 aromatic rings. The monoisotopic (exact) mass is 2120 g/mol. The van der Waals surface area contributed by atoms with Gasteiger partial charge >= 0.3 is 12.1 Å². The van der Waals surface area contributed by atoms with Crippen LogP contribution >= 0.6 is 34.8 Å². The Morgan fingerprint density at radius 3 is 1.07 bits per heavy atom. The molecule has 149 heavy (non-hydrogen) atoms. The molecule has 0 saturated heterocycles. The van der Waals surface area contributed by atoms with Gasteiger partial charge in [0.2, 0.25) is 41.4 Å². The molecule has 0 aliphatic rings. The van der Waals surface area contributed by atoms with E-state index in [2.05, 4.69) is 153 Å². The standard InChI is InChI=1S/C36H55ClN2O3Si.C31H42ClN3O4.C30H41ClN2O3.C25H33NO5/c1-27(26-28(2)30-19-13-12-14-20-30)18-15-16-22-32(40)39-33(35(4,5)6)34(41)38-25-17-21-31(24-23-29(3)37)42-43(10,11)36(7,8)9;1-22(21-23(2)25-14-8-7-9-15-25)13-10-11-17-27(36)35-28(31(4,5)6)29(37)34-20-12-16-26(39-30(33)38)19-18-24(3)32;1-22(21-23(2)25-14-8-7-9-15-25)13-10-11-17-27(35)33-28(30(4,5)6)29(36)32-20-12-16-26(34)19-18-24(3)31;1-7-8-15-31-24(29)23(25(3,4)5)26-22(28)12-10-9-11-18(2)16-19-13-14-20(27)21(17-19)30-6/h12-20,22-23,25-26,28,31,33H,21,24H2,1-11H3,(H,38,41)(H,39,40);7-15,17-18,20-21,23,26,28H,16,19H2,1-6H3,(H2,33,38)(H,34,37)(H,35,36);7-15,17-18,20-21,23,26,28,34H,16,19H2,1-6H3,(H,32,36)(H,33,35);7,9-14,16-17,23,27H,1,8,15H2,2-6H3,(H,26,28)/b18-15-,22-16-,25-17-,27-26+,29-23+;2*13-10-,17-11-,20-12-,22-21+,24-18+;11-9-,12-10-,18-16+/t28-,31+,33+;2*23-,26+,28+;23-/m0001/s1. The molecule has 814 valence electrons. The summed E-state index contributed by atoms with van der Waals surface area (Å²) in [7, 11) is -0.484. The van der Waals surface area contributed by atoms with Crippen molar-refractivity contribution in [3.63, 3.8) is 0 Å². The fourth-order valence-corrected chi connectivity index (χ4v) is 15.3. The lowest BCUT2D eigenvalue weighted by Gasteiger charge is -2.39. The third-order valence-electron chi connectivity index (χ3n) is 23.0. The van der Waals surface area contributed by atoms with Gasteiger partial charge in [-0.3, -0.25) is 33.6 Å². The van der Waals surface area contributed by atoms with Crippen molar-refractivity contribution >= 4 is 103 Å². The number of hydrogen-bond donors (Lipinski definition) is 10. The summed E-state index contributed by atoms with van der Waals surface area (Å²) in [6.07, 6.45) is 53.9. The maximum atomic E-state index is 13.1. The van der Waals surface area contributed by atoms with Crippen molar-refractivity contribution in [1.29, 1.82) is 0 Å². The normalized spacial score (nSPS) is 15.3. The number of nitrogens with one attached hydrogen (secondary N) is 7. The number of phenolic OH excluding ortho intramolecular Hbond substituents is 1. The van der Waals surface area contributed by atoms with E-state index >= 15 is 0 Å². The van der Waals surface area contributed by atoms with Gasteiger partial charge in [-0.2, -0.15) is 0 Å². The number of aromatic hydroxyl groups is 1. The largest absolute Gasteiger partial charge is 0.504 e. The predicted octanol–water partition coefficient (Wildman–Crippen LogP) is 26.6. The first-order valence-electron chi connectivity index (χ1n) is 50.4. The van der Waals surface area contributed by atoms with Crippen LogP contribution in [0.5, 0.6) is 11.5 Å². The van der Waals surface area contributed by atoms with E-state index < -0.39 is 78.4 Å². The van der Waals surface area contributed by atoms with E-state index in [1.165, 1.54) is 60.5 Å². The third kappa shape index (κ3) is 62.0. The van der Waals surface area contributed by atoms with E-state index in [9.17, 15) is 53.4 Å². The number of esters is 1. The van der Waals surface area contributed by atoms with E-state index in [0.29, 0.717) is 66.7 Å². The quantitative estimate of drug-likeness (QED) is 0.00491. The second kappa shape index (κ2) is 70.5. The fourth-order valence-electron chi connectivity index (χ4n) is 13.6. The summed E-state index contributed by atoms with van der Waals surface area (Å²) in [6, 6.07) is 32.9. The molecule has 0 fully saturated rings. The zero-order chi connectivity index (χ0) is 113. The summed E-state index contributed by atoms with van der Waals surface area (Å²) < 4.78 is 22.0. The van der Waals surface area contributed by atoms with Gasteiger partial charge in [0.1, 0.15) is 30.3 Å². The zero-order valence-electron chi connectivity index (χ0n) is 93.3. The fraction of sp³-hybridized carbons (Fsp3) is 0.418. The lowest BCUT2D eigenvalue weighted by molar-refractivity contribution is -0.150. The van der Waals surface area contributed by atoms with Crippen LogP contribution in [-0.2, 0) is 52.3 Å². The number of methoxy groups -OCH3 is 1. The molecule has 0 spiro atoms. The second-order valence-corrected chi connectivity index (χ2v) is 48.8. The molecule has 0 aromatic heterocycles. The number of ether oxygens (including phenoxy) is 3. The van der Waals surface area contributed by atoms with Crippen LogP contribution in [0.25, 0.3) is 6.08 Å². The summed E-state index contributed by atoms with van der Waals surface area (Å²) in [5.74, 6) is -1.52. The van der Waals surface area contributed by atoms with Crippen LogP contribution in [0.1, 0.15) is 258 Å². The van der Waals surface area contributed by atoms with Crippen LogP contribution in [0.3, 0.4) is 0 Å². The van der Waals surface area contributed by atoms with E-state index in [1.807, 2.05) is 227 Å². The first-order chi connectivity index (χ1) is 69.6. The van der Waals surface area contributed by atoms with Crippen LogP contribution in [0.2, 0.25) is 18.1 Å². The SMILES string of the molecule is C/C(Cl)=C\C[C@@H](C/C=C\NC(=O)[C@@H](NC(=O)\C=C/C=C\C(C)=C\[C@H](C)c1ccccc1)C(C)(C)C)OC(N)=O.C/C(Cl)=C\C[C@@H](C/C=C\NC(=O)[C@@H](NC(=O)\C=C/C=C\C(C)=C\[C@H](C)c1ccccc1)C(C)(C)C)O[Si](C)(C)C(C)(C)C.C/C(Cl)=C\C[C@H](O)C/C=C\NC(=O)[C@@H](NC(=O)\C=C/C=C\C(C)=C\[C@H](C)c1ccccc1)C(C)(C)C.C=CCCOC(=O)[C@@H](NC(=O)\C=C/C=C\C(C)=C\c1ccc(O)c(OC)c1)C(C)(C)C. The molecular weight excluding hydrogens is 1950 g/mol. The molecule has 11 N–H and O–H groups in total. The summed E-state index contributed by atoms with van der Waals surface area (Å²) in [4.78, 5) is 112. The number of aliphatic hydroxyl groups excluding tert-OH is 1. The van der Waals surface area contributed by atoms with Gasteiger partial charge in [0.25, 0.3) is 0 Å². The van der Waals surface area contributed by atoms with Crippen molar-refractivity contribution in [3.05, 3.63) is 352 Å². The highest BCUT2D eigenvalue weighted by molar-refractivity contribution is 6.74. The molecule has 0 bridgehead atoms. The number of halogens is 3. The van der Waals surface area contributed by atoms with Gasteiger partial charge in [-0.25, -0.2) is 9.59 Å². The molecule has 0 saturated carbocycles. The maximum absolute atomic E-state index is 13.1. The van der Waals surface area contributed by atoms with Gasteiger partial charge in [0, 0.05) is 52.2 Å². The van der Waals surface area contributed by atoms with E-state index in [0.717, 1.165) is 32.9 Å². The molecule has 4 aromatic carbocycles. The smallest absolute Gasteiger partial charge is 0.404 e. The predicted molar refractivity (Wildman–Crippen MR) is 620 cm³/mol. The van der Waals surface area contributed by atoms with Crippen LogP contribution < -0.4 is 47.7 Å². The summed E-state index contributed by atoms with van der Waals surface area (Å²) >= 11 is 17.7. The molecule has 27 heteroatoms. The molecule has 4 rings (SSSR count). The average molecular weight is 2120 g/mol. The molecule has 23 nitrogen and oxygen atoms in total. The van der Waals surface area contributed by atoms with Crippen molar-refractivity contribution in [2.75, 3.05) is 13.7 Å². The number of nitrogens with two attached hydrogens (primary N) is 1. The van der Waals surface area contributed by atoms with Crippen molar-refractivity contribution < 1.29 is 72.0 Å². The first-order valence-corrected chi connectivity index (χ1v) is 54.4. The van der Waals surface area contributed by atoms with Gasteiger partial charge in [-0.15, -0.1) is 6.58 Å². The highest BCUT2D eigenvalue weighted by Gasteiger charge is 2.40. The lowest BCUT2D eigenvalue weighted by atomic mass is 9.86. The van der Waals surface area contributed by atoms with E-state index in [-0.39, 0.29) is 76.7 Å². The number of carbonyl (C=O) groups excluding carboxylic acids is 9. The minimum atomic E-state index is -1.98. The molecule has 0 aliphatic carbocycles. The molecule has 10 atom stereocenters. The minimum absolute atomic E-state index is 0.0425. The molecule has 0 unspecified atom stereocenters. The molecule has 0 heterocycles. The number of aliphatic hydroxyl groups is 1. The number of benzene rings is 4. The van der Waals surface area contributed by atoms with Gasteiger partial charge in [-0.1, -0.05) is 419 Å². The molecular formula is C122H171Cl3N8O15Si. The Morgan fingerprint density at radius 1 is 0.430 bits per heavy atom. The summed E-state index contributed by atoms with van der Waals surface area (Å²) in [6.45, 7) is 57.3. The Labute approximate surface area is 906 Å². The van der Waals surface area contributed by atoms with E-state index in [1.54, 1.807) is 105 Å². The zero-order valence-corrected chi connectivity index (χ0v) is 96.5. The topological polar surface area (TPSA) is 341 Å². The van der Waals surface area contributed by atoms with Gasteiger partial charge < -0.3 is 71.8 Å². The highest BCUT2D eigenvalue weighted by atomic mass is 35.5. The second-order valence-electron chi connectivity index (χ2n) is 42.2. The number of amides is 8. The minimum Gasteiger partial charge on any atom is -0.504 e. The molecule has 0 radical (unpaired) electrons. The van der Waals surface area contributed by atoms with Crippen LogP contribution in [0.4, 0.5) is 4.79 Å². The van der Waals surface area contributed by atoms with Crippen LogP contribution in [0, 0.1) is 21.7 Å². The number of allylic oxidation sites excluding steroid dienone is 22. The van der Waals surface area contributed by atoms with Gasteiger partial charge in [0.15, 0.2) is 19.8 Å². The molecule has 8 amide bonds. The number of primary amides is 1. The Hall–Kier alpha value is -12.4. The third-order valence-corrected chi connectivity index (χ3v) is 28.0. The van der Waals surface area contributed by atoms with Crippen molar-refractivity contribution in [1.82, 2.24) is 37.2 Å².